The second-order valence-electron chi connectivity index (χ2n) is 5.94. The van der Waals surface area contributed by atoms with Crippen LogP contribution in [0.2, 0.25) is 0 Å². The van der Waals surface area contributed by atoms with Crippen LogP contribution in [0.15, 0.2) is 41.0 Å². The fourth-order valence-corrected chi connectivity index (χ4v) is 3.68. The van der Waals surface area contributed by atoms with Crippen molar-refractivity contribution in [2.75, 3.05) is 26.0 Å². The highest BCUT2D eigenvalue weighted by Crippen LogP contribution is 2.35. The molecule has 0 radical (unpaired) electrons. The first kappa shape index (κ1) is 17.7. The van der Waals surface area contributed by atoms with Crippen LogP contribution in [0.25, 0.3) is 0 Å². The minimum Gasteiger partial charge on any atom is -0.493 e. The Bertz CT molecular complexity index is 687. The first-order valence-corrected chi connectivity index (χ1v) is 9.60. The van der Waals surface area contributed by atoms with Gasteiger partial charge < -0.3 is 19.2 Å². The molecule has 134 valence electrons. The van der Waals surface area contributed by atoms with Crippen molar-refractivity contribution in [1.82, 2.24) is 5.32 Å². The van der Waals surface area contributed by atoms with Crippen molar-refractivity contribution in [2.45, 2.75) is 18.6 Å². The maximum absolute atomic E-state index is 12.3. The van der Waals surface area contributed by atoms with Gasteiger partial charge in [-0.15, -0.1) is 0 Å². The van der Waals surface area contributed by atoms with Gasteiger partial charge in [0.15, 0.2) is 11.5 Å². The lowest BCUT2D eigenvalue weighted by Gasteiger charge is -2.25. The molecule has 1 aliphatic heterocycles. The average molecular weight is 361 g/mol. The van der Waals surface area contributed by atoms with Gasteiger partial charge >= 0.3 is 0 Å². The number of rotatable bonds is 8. The van der Waals surface area contributed by atoms with Crippen molar-refractivity contribution in [3.63, 3.8) is 0 Å². The molecule has 5 nitrogen and oxygen atoms in total. The van der Waals surface area contributed by atoms with E-state index < -0.39 is 0 Å². The third-order valence-electron chi connectivity index (χ3n) is 4.14. The van der Waals surface area contributed by atoms with Crippen molar-refractivity contribution in [2.24, 2.45) is 5.92 Å². The van der Waals surface area contributed by atoms with E-state index >= 15 is 0 Å². The molecule has 1 aromatic carbocycles. The molecule has 0 spiro atoms. The first-order valence-electron chi connectivity index (χ1n) is 8.44. The Morgan fingerprint density at radius 1 is 1.36 bits per heavy atom. The summed E-state index contributed by atoms with van der Waals surface area (Å²) in [5.74, 6) is 4.26. The summed E-state index contributed by atoms with van der Waals surface area (Å²) in [6.45, 7) is 1.08. The third kappa shape index (κ3) is 4.72. The first-order chi connectivity index (χ1) is 12.3. The number of fused-ring (bicyclic) bond motifs is 1. The maximum atomic E-state index is 12.3. The van der Waals surface area contributed by atoms with Gasteiger partial charge in [-0.1, -0.05) is 12.1 Å². The summed E-state index contributed by atoms with van der Waals surface area (Å²) < 4.78 is 16.4. The highest BCUT2D eigenvalue weighted by Gasteiger charge is 2.27. The van der Waals surface area contributed by atoms with Crippen molar-refractivity contribution in [3.8, 4) is 11.5 Å². The van der Waals surface area contributed by atoms with Crippen LogP contribution < -0.4 is 14.8 Å². The predicted molar refractivity (Wildman–Crippen MR) is 98.2 cm³/mol. The van der Waals surface area contributed by atoms with E-state index in [1.807, 2.05) is 42.1 Å². The Morgan fingerprint density at radius 2 is 2.28 bits per heavy atom. The number of thioether (sulfide) groups is 1. The minimum absolute atomic E-state index is 0.0597. The van der Waals surface area contributed by atoms with Gasteiger partial charge in [-0.05, 0) is 42.4 Å². The number of hydrogen-bond acceptors (Lipinski definition) is 5. The molecule has 1 atom stereocenters. The monoisotopic (exact) mass is 361 g/mol. The van der Waals surface area contributed by atoms with Crippen LogP contribution in [0, 0.1) is 5.92 Å². The lowest BCUT2D eigenvalue weighted by atomic mass is 9.95. The fraction of sp³-hybridized carbons (Fsp3) is 0.421. The van der Waals surface area contributed by atoms with Crippen LogP contribution in [0.1, 0.15) is 17.7 Å². The van der Waals surface area contributed by atoms with Gasteiger partial charge in [0.2, 0.25) is 5.91 Å². The van der Waals surface area contributed by atoms with Gasteiger partial charge in [-0.2, -0.15) is 11.8 Å². The van der Waals surface area contributed by atoms with Gasteiger partial charge in [0.05, 0.1) is 25.0 Å². The molecule has 6 heteroatoms. The molecule has 0 saturated carbocycles. The van der Waals surface area contributed by atoms with E-state index in [0.717, 1.165) is 40.7 Å². The van der Waals surface area contributed by atoms with Gasteiger partial charge in [0.25, 0.3) is 0 Å². The molecule has 1 N–H and O–H groups in total. The van der Waals surface area contributed by atoms with Crippen LogP contribution in [0.5, 0.6) is 11.5 Å². The van der Waals surface area contributed by atoms with Crippen LogP contribution >= 0.6 is 11.8 Å². The maximum Gasteiger partial charge on any atom is 0.226 e. The van der Waals surface area contributed by atoms with Crippen molar-refractivity contribution >= 4 is 17.7 Å². The molecule has 25 heavy (non-hydrogen) atoms. The highest BCUT2D eigenvalue weighted by atomic mass is 32.2. The molecule has 1 aromatic heterocycles. The lowest BCUT2D eigenvalue weighted by Crippen LogP contribution is -2.37. The fourth-order valence-electron chi connectivity index (χ4n) is 2.82. The van der Waals surface area contributed by atoms with Crippen LogP contribution in [-0.4, -0.2) is 31.9 Å². The van der Waals surface area contributed by atoms with Crippen molar-refractivity contribution < 1.29 is 18.7 Å². The van der Waals surface area contributed by atoms with Gasteiger partial charge in [0.1, 0.15) is 12.4 Å². The Labute approximate surface area is 152 Å². The van der Waals surface area contributed by atoms with E-state index in [1.165, 1.54) is 0 Å². The molecule has 3 rings (SSSR count). The molecule has 0 bridgehead atoms. The molecule has 0 saturated heterocycles. The molecule has 0 aliphatic carbocycles. The molecular weight excluding hydrogens is 338 g/mol. The Balaban J connectivity index is 1.37. The molecular formula is C19H23NO4S. The van der Waals surface area contributed by atoms with Gasteiger partial charge in [0, 0.05) is 6.54 Å². The summed E-state index contributed by atoms with van der Waals surface area (Å²) in [5.41, 5.74) is 1.03. The van der Waals surface area contributed by atoms with Crippen LogP contribution in [-0.2, 0) is 17.0 Å². The number of carbonyl (C=O) groups excluding carboxylic acids is 1. The summed E-state index contributed by atoms with van der Waals surface area (Å²) in [4.78, 5) is 12.3. The number of amides is 1. The zero-order valence-corrected chi connectivity index (χ0v) is 15.1. The zero-order chi connectivity index (χ0) is 17.5. The normalized spacial score (nSPS) is 16.0. The van der Waals surface area contributed by atoms with E-state index in [-0.39, 0.29) is 11.8 Å². The molecule has 0 fully saturated rings. The molecule has 1 amide bonds. The summed E-state index contributed by atoms with van der Waals surface area (Å²) in [6, 6.07) is 9.67. The minimum atomic E-state index is -0.143. The Kier molecular flexibility index (Phi) is 6.28. The second kappa shape index (κ2) is 8.85. The van der Waals surface area contributed by atoms with E-state index in [2.05, 4.69) is 5.32 Å². The summed E-state index contributed by atoms with van der Waals surface area (Å²) in [7, 11) is 1.63. The number of carbonyl (C=O) groups is 1. The smallest absolute Gasteiger partial charge is 0.226 e. The van der Waals surface area contributed by atoms with E-state index in [0.29, 0.717) is 19.6 Å². The Hall–Kier alpha value is -2.08. The van der Waals surface area contributed by atoms with Crippen LogP contribution in [0.3, 0.4) is 0 Å². The number of methoxy groups -OCH3 is 1. The predicted octanol–water partition coefficient (Wildman–Crippen LogP) is 3.28. The topological polar surface area (TPSA) is 60.7 Å². The SMILES string of the molecule is COc1cccc2c1OC[C@H](C(=O)NCCCSCc1ccco1)C2. The molecule has 0 unspecified atom stereocenters. The summed E-state index contributed by atoms with van der Waals surface area (Å²) >= 11 is 1.81. The van der Waals surface area contributed by atoms with Crippen LogP contribution in [0.4, 0.5) is 0 Å². The van der Waals surface area contributed by atoms with E-state index in [4.69, 9.17) is 13.9 Å². The highest BCUT2D eigenvalue weighted by molar-refractivity contribution is 7.98. The van der Waals surface area contributed by atoms with E-state index in [1.54, 1.807) is 13.4 Å². The molecule has 2 heterocycles. The van der Waals surface area contributed by atoms with Crippen molar-refractivity contribution in [3.05, 3.63) is 47.9 Å². The largest absolute Gasteiger partial charge is 0.493 e. The molecule has 2 aromatic rings. The Morgan fingerprint density at radius 3 is 3.08 bits per heavy atom. The summed E-state index contributed by atoms with van der Waals surface area (Å²) in [6.07, 6.45) is 3.32. The number of para-hydroxylation sites is 1. The number of hydrogen-bond donors (Lipinski definition) is 1. The third-order valence-corrected chi connectivity index (χ3v) is 5.20. The number of furan rings is 1. The quantitative estimate of drug-likeness (QED) is 0.731. The number of benzene rings is 1. The van der Waals surface area contributed by atoms with Gasteiger partial charge in [-0.25, -0.2) is 0 Å². The van der Waals surface area contributed by atoms with Crippen molar-refractivity contribution in [1.29, 1.82) is 0 Å². The zero-order valence-electron chi connectivity index (χ0n) is 14.3. The molecule has 1 aliphatic rings. The second-order valence-corrected chi connectivity index (χ2v) is 7.04. The standard InChI is InChI=1S/C19H23NO4S/c1-22-17-7-2-5-14-11-15(12-24-18(14)17)19(21)20-8-4-10-25-13-16-6-3-9-23-16/h2-3,5-7,9,15H,4,8,10-13H2,1H3,(H,20,21)/t15-/m1/s1. The number of nitrogens with one attached hydrogen (secondary N) is 1. The average Bonchev–Trinajstić information content (AvgIpc) is 3.16. The lowest BCUT2D eigenvalue weighted by molar-refractivity contribution is -0.126. The summed E-state index contributed by atoms with van der Waals surface area (Å²) in [5, 5.41) is 3.02. The number of ether oxygens (including phenoxy) is 2. The van der Waals surface area contributed by atoms with Gasteiger partial charge in [-0.3, -0.25) is 4.79 Å². The van der Waals surface area contributed by atoms with E-state index in [9.17, 15) is 4.79 Å².